The number of anilines is 1. The van der Waals surface area contributed by atoms with Gasteiger partial charge in [0, 0.05) is 17.3 Å². The summed E-state index contributed by atoms with van der Waals surface area (Å²) in [5.74, 6) is -0.880. The standard InChI is InChI=1S/C8H10AsNO5.C8H6N2S2/c1-5(11)10-8-6(9(13,14)15)3-2-4-7(8)12;1-2-7(4-9-3-1)12-8-5-10-6-11-8/h2-4,12H,1H3,(H,10,11)(H2,13,14,15);1-6H. The van der Waals surface area contributed by atoms with Gasteiger partial charge < -0.3 is 0 Å². The molecule has 0 aliphatic rings. The minimum absolute atomic E-state index is 0.225. The Balaban J connectivity index is 0.000000198. The van der Waals surface area contributed by atoms with Gasteiger partial charge in [0.2, 0.25) is 0 Å². The third-order valence-electron chi connectivity index (χ3n) is 2.90. The number of thiazole rings is 1. The van der Waals surface area contributed by atoms with Gasteiger partial charge >= 0.3 is 88.1 Å². The van der Waals surface area contributed by atoms with Crippen LogP contribution in [0.25, 0.3) is 0 Å². The molecule has 27 heavy (non-hydrogen) atoms. The molecule has 142 valence electrons. The fourth-order valence-corrected chi connectivity index (χ4v) is 4.97. The number of phenolic OH excluding ortho intramolecular Hbond substituents is 1. The summed E-state index contributed by atoms with van der Waals surface area (Å²) in [6, 6.07) is 7.68. The van der Waals surface area contributed by atoms with E-state index in [4.69, 9.17) is 8.19 Å². The summed E-state index contributed by atoms with van der Waals surface area (Å²) in [6.45, 7) is 1.18. The van der Waals surface area contributed by atoms with Gasteiger partial charge in [0.15, 0.2) is 0 Å². The first-order valence-corrected chi connectivity index (χ1v) is 12.5. The van der Waals surface area contributed by atoms with Gasteiger partial charge in [0.1, 0.15) is 0 Å². The van der Waals surface area contributed by atoms with Crippen LogP contribution in [-0.2, 0) is 8.53 Å². The van der Waals surface area contributed by atoms with Gasteiger partial charge in [0.25, 0.3) is 0 Å². The number of para-hydroxylation sites is 1. The quantitative estimate of drug-likeness (QED) is 0.335. The molecule has 8 nitrogen and oxygen atoms in total. The van der Waals surface area contributed by atoms with Crippen LogP contribution in [0.1, 0.15) is 6.92 Å². The molecule has 0 aliphatic heterocycles. The first-order chi connectivity index (χ1) is 12.8. The molecular formula is C16H16AsN3O5S2. The Labute approximate surface area is 166 Å². The maximum atomic E-state index is 11.1. The van der Waals surface area contributed by atoms with Crippen LogP contribution in [-0.4, -0.2) is 43.3 Å². The zero-order valence-electron chi connectivity index (χ0n) is 14.0. The van der Waals surface area contributed by atoms with Crippen molar-refractivity contribution in [3.05, 3.63) is 54.4 Å². The van der Waals surface area contributed by atoms with E-state index in [0.29, 0.717) is 0 Å². The second-order valence-electron chi connectivity index (χ2n) is 5.01. The largest absolute Gasteiger partial charge is 0.264 e. The second kappa shape index (κ2) is 9.72. The summed E-state index contributed by atoms with van der Waals surface area (Å²) in [7, 11) is 0. The molecule has 0 bridgehead atoms. The first kappa shape index (κ1) is 21.2. The van der Waals surface area contributed by atoms with E-state index in [1.165, 1.54) is 29.3 Å². The number of rotatable bonds is 4. The minimum atomic E-state index is -5.14. The van der Waals surface area contributed by atoms with Crippen LogP contribution in [0.15, 0.2) is 63.5 Å². The van der Waals surface area contributed by atoms with Crippen LogP contribution < -0.4 is 9.67 Å². The summed E-state index contributed by atoms with van der Waals surface area (Å²) in [4.78, 5) is 20.0. The van der Waals surface area contributed by atoms with Crippen LogP contribution in [0.5, 0.6) is 5.75 Å². The first-order valence-electron chi connectivity index (χ1n) is 7.39. The average molecular weight is 469 g/mol. The summed E-state index contributed by atoms with van der Waals surface area (Å²) in [5, 5.41) is 11.5. The molecule has 1 aromatic carbocycles. The van der Waals surface area contributed by atoms with E-state index in [0.717, 1.165) is 4.90 Å². The van der Waals surface area contributed by atoms with Gasteiger partial charge in [-0.25, -0.2) is 0 Å². The topological polar surface area (TPSA) is 133 Å². The normalized spacial score (nSPS) is 10.6. The summed E-state index contributed by atoms with van der Waals surface area (Å²) in [6.07, 6.45) is 5.49. The molecule has 2 heterocycles. The second-order valence-corrected chi connectivity index (χ2v) is 10.6. The van der Waals surface area contributed by atoms with E-state index >= 15 is 0 Å². The molecule has 4 N–H and O–H groups in total. The molecule has 0 saturated carbocycles. The van der Waals surface area contributed by atoms with E-state index < -0.39 is 20.1 Å². The molecule has 3 aromatic rings. The summed E-state index contributed by atoms with van der Waals surface area (Å²) in [5.41, 5.74) is 1.61. The molecule has 0 aliphatic carbocycles. The van der Waals surface area contributed by atoms with Crippen molar-refractivity contribution in [3.63, 3.8) is 0 Å². The van der Waals surface area contributed by atoms with Gasteiger partial charge in [-0.15, -0.1) is 11.3 Å². The summed E-state index contributed by atoms with van der Waals surface area (Å²) >= 11 is -1.81. The summed E-state index contributed by atoms with van der Waals surface area (Å²) < 4.78 is 30.0. The maximum Gasteiger partial charge on any atom is 0.0846 e. The Morgan fingerprint density at radius 3 is 2.52 bits per heavy atom. The van der Waals surface area contributed by atoms with Crippen molar-refractivity contribution in [1.82, 2.24) is 9.97 Å². The molecule has 3 rings (SSSR count). The van der Waals surface area contributed by atoms with E-state index in [9.17, 15) is 13.6 Å². The third-order valence-corrected chi connectivity index (χ3v) is 6.88. The zero-order valence-corrected chi connectivity index (χ0v) is 17.5. The molecule has 2 aromatic heterocycles. The zero-order chi connectivity index (χ0) is 19.9. The van der Waals surface area contributed by atoms with E-state index in [2.05, 4.69) is 15.3 Å². The number of nitrogens with one attached hydrogen (secondary N) is 1. The van der Waals surface area contributed by atoms with Crippen LogP contribution in [0, 0.1) is 0 Å². The molecular weight excluding hydrogens is 453 g/mol. The number of hydrogen-bond acceptors (Lipinski definition) is 7. The van der Waals surface area contributed by atoms with Crippen molar-refractivity contribution in [2.24, 2.45) is 0 Å². The number of phenols is 1. The van der Waals surface area contributed by atoms with Crippen LogP contribution in [0.4, 0.5) is 5.69 Å². The maximum absolute atomic E-state index is 11.1. The fourth-order valence-electron chi connectivity index (χ4n) is 1.85. The van der Waals surface area contributed by atoms with Gasteiger partial charge in [-0.2, -0.15) is 0 Å². The predicted molar refractivity (Wildman–Crippen MR) is 103 cm³/mol. The minimum Gasteiger partial charge on any atom is -0.264 e. The van der Waals surface area contributed by atoms with Gasteiger partial charge in [-0.1, -0.05) is 11.8 Å². The Bertz CT molecular complexity index is 932. The van der Waals surface area contributed by atoms with Crippen molar-refractivity contribution in [2.75, 3.05) is 5.32 Å². The monoisotopic (exact) mass is 469 g/mol. The number of aromatic nitrogens is 2. The molecule has 0 fully saturated rings. The van der Waals surface area contributed by atoms with Gasteiger partial charge in [0.05, 0.1) is 15.9 Å². The number of carbonyl (C=O) groups excluding carboxylic acids is 1. The smallest absolute Gasteiger partial charge is 0.0846 e. The molecule has 0 saturated heterocycles. The third kappa shape index (κ3) is 6.85. The van der Waals surface area contributed by atoms with Crippen molar-refractivity contribution in [1.29, 1.82) is 0 Å². The Hall–Kier alpha value is -2.10. The number of pyridine rings is 1. The number of aromatic hydroxyl groups is 1. The van der Waals surface area contributed by atoms with Crippen molar-refractivity contribution >= 4 is 53.2 Å². The number of hydrogen-bond donors (Lipinski definition) is 4. The Morgan fingerprint density at radius 1 is 1.19 bits per heavy atom. The molecule has 0 radical (unpaired) electrons. The predicted octanol–water partition coefficient (Wildman–Crippen LogP) is 1.60. The Morgan fingerprint density at radius 2 is 1.96 bits per heavy atom. The molecule has 0 unspecified atom stereocenters. The molecule has 1 amide bonds. The number of benzene rings is 1. The average Bonchev–Trinajstić information content (AvgIpc) is 3.10. The van der Waals surface area contributed by atoms with Crippen molar-refractivity contribution in [3.8, 4) is 5.75 Å². The Kier molecular flexibility index (Phi) is 7.64. The molecule has 0 spiro atoms. The molecule has 11 heteroatoms. The van der Waals surface area contributed by atoms with Crippen molar-refractivity contribution in [2.45, 2.75) is 16.0 Å². The van der Waals surface area contributed by atoms with E-state index in [-0.39, 0.29) is 15.8 Å². The van der Waals surface area contributed by atoms with E-state index in [1.807, 2.05) is 30.0 Å². The number of amides is 1. The SMILES string of the molecule is CC(=O)Nc1c(O)cccc1[As](=O)(O)O.c1cncc(Sc2cncs2)c1. The van der Waals surface area contributed by atoms with Gasteiger partial charge in [-0.05, 0) is 12.1 Å². The van der Waals surface area contributed by atoms with Crippen molar-refractivity contribution < 1.29 is 21.8 Å². The van der Waals surface area contributed by atoms with Crippen LogP contribution in [0.3, 0.4) is 0 Å². The van der Waals surface area contributed by atoms with Crippen LogP contribution >= 0.6 is 23.1 Å². The number of carbonyl (C=O) groups is 1. The number of nitrogens with zero attached hydrogens (tertiary/aromatic N) is 2. The van der Waals surface area contributed by atoms with Gasteiger partial charge in [-0.3, -0.25) is 9.97 Å². The van der Waals surface area contributed by atoms with E-state index in [1.54, 1.807) is 29.3 Å². The fraction of sp³-hybridized carbons (Fsp3) is 0.0625. The molecule has 0 atom stereocenters. The van der Waals surface area contributed by atoms with Crippen LogP contribution in [0.2, 0.25) is 0 Å².